The largest absolute Gasteiger partial charge is 0.372 e. The van der Waals surface area contributed by atoms with Crippen LogP contribution in [0.5, 0.6) is 0 Å². The molecule has 2 aliphatic heterocycles. The van der Waals surface area contributed by atoms with Crippen molar-refractivity contribution in [3.63, 3.8) is 0 Å². The van der Waals surface area contributed by atoms with Gasteiger partial charge in [-0.3, -0.25) is 9.59 Å². The number of halogens is 4. The molecule has 7 nitrogen and oxygen atoms in total. The minimum atomic E-state index is -0.608. The van der Waals surface area contributed by atoms with Crippen LogP contribution in [0.3, 0.4) is 0 Å². The molecule has 0 unspecified atom stereocenters. The number of rotatable bonds is 5. The summed E-state index contributed by atoms with van der Waals surface area (Å²) in [5.41, 5.74) is 3.78. The normalized spacial score (nSPS) is 20.3. The van der Waals surface area contributed by atoms with E-state index in [0.717, 1.165) is 6.07 Å². The molecular formula is C22H22Cl2F2N4O3. The van der Waals surface area contributed by atoms with E-state index >= 15 is 0 Å². The van der Waals surface area contributed by atoms with E-state index < -0.39 is 23.6 Å². The number of amides is 2. The van der Waals surface area contributed by atoms with E-state index in [-0.39, 0.29) is 47.8 Å². The first-order valence-electron chi connectivity index (χ1n) is 10.1. The SMILES string of the molecule is Cl.O=C1CC(c2cc(F)cc(C(=O)NC[C@@H]3CNCCO[C@H]3c3ccc(Cl)c(F)c3)c2)=NN1. The van der Waals surface area contributed by atoms with Gasteiger partial charge in [-0.1, -0.05) is 17.7 Å². The summed E-state index contributed by atoms with van der Waals surface area (Å²) >= 11 is 5.79. The predicted molar refractivity (Wildman–Crippen MR) is 122 cm³/mol. The summed E-state index contributed by atoms with van der Waals surface area (Å²) in [5.74, 6) is -2.11. The topological polar surface area (TPSA) is 91.8 Å². The molecule has 0 aromatic heterocycles. The van der Waals surface area contributed by atoms with Crippen LogP contribution < -0.4 is 16.1 Å². The van der Waals surface area contributed by atoms with Gasteiger partial charge in [-0.15, -0.1) is 12.4 Å². The summed E-state index contributed by atoms with van der Waals surface area (Å²) < 4.78 is 34.0. The lowest BCUT2D eigenvalue weighted by molar-refractivity contribution is -0.119. The van der Waals surface area contributed by atoms with E-state index in [1.54, 1.807) is 6.07 Å². The molecular weight excluding hydrogens is 477 g/mol. The van der Waals surface area contributed by atoms with Gasteiger partial charge < -0.3 is 15.4 Å². The Morgan fingerprint density at radius 2 is 2.06 bits per heavy atom. The van der Waals surface area contributed by atoms with Crippen molar-refractivity contribution in [2.45, 2.75) is 12.5 Å². The highest BCUT2D eigenvalue weighted by Gasteiger charge is 2.27. The van der Waals surface area contributed by atoms with Gasteiger partial charge >= 0.3 is 0 Å². The molecule has 3 N–H and O–H groups in total. The number of nitrogens with one attached hydrogen (secondary N) is 3. The summed E-state index contributed by atoms with van der Waals surface area (Å²) in [6, 6.07) is 8.35. The molecule has 33 heavy (non-hydrogen) atoms. The van der Waals surface area contributed by atoms with E-state index in [0.29, 0.717) is 36.5 Å². The van der Waals surface area contributed by atoms with Gasteiger partial charge in [-0.2, -0.15) is 5.10 Å². The van der Waals surface area contributed by atoms with Crippen LogP contribution in [-0.2, 0) is 9.53 Å². The van der Waals surface area contributed by atoms with Crippen LogP contribution >= 0.6 is 24.0 Å². The molecule has 2 amide bonds. The zero-order chi connectivity index (χ0) is 22.7. The summed E-state index contributed by atoms with van der Waals surface area (Å²) in [4.78, 5) is 24.1. The quantitative estimate of drug-likeness (QED) is 0.590. The van der Waals surface area contributed by atoms with E-state index in [4.69, 9.17) is 16.3 Å². The van der Waals surface area contributed by atoms with Gasteiger partial charge in [0, 0.05) is 36.7 Å². The maximum absolute atomic E-state index is 14.1. The van der Waals surface area contributed by atoms with E-state index in [1.807, 2.05) is 0 Å². The number of carbonyl (C=O) groups excluding carboxylic acids is 2. The third-order valence-electron chi connectivity index (χ3n) is 5.34. The third kappa shape index (κ3) is 6.05. The minimum Gasteiger partial charge on any atom is -0.372 e. The molecule has 0 radical (unpaired) electrons. The van der Waals surface area contributed by atoms with Crippen molar-refractivity contribution in [1.82, 2.24) is 16.1 Å². The zero-order valence-electron chi connectivity index (χ0n) is 17.4. The van der Waals surface area contributed by atoms with Crippen molar-refractivity contribution >= 4 is 41.5 Å². The van der Waals surface area contributed by atoms with Crippen LogP contribution in [0.2, 0.25) is 5.02 Å². The molecule has 0 aliphatic carbocycles. The Labute approximate surface area is 200 Å². The number of nitrogens with zero attached hydrogens (tertiary/aromatic N) is 1. The van der Waals surface area contributed by atoms with Crippen molar-refractivity contribution in [3.8, 4) is 0 Å². The van der Waals surface area contributed by atoms with Crippen molar-refractivity contribution < 1.29 is 23.1 Å². The van der Waals surface area contributed by atoms with Gasteiger partial charge in [-0.25, -0.2) is 14.2 Å². The standard InChI is InChI=1S/C22H21ClF2N4O3.ClH/c23-17-2-1-12(8-18(17)25)21-15(10-26-3-4-32-21)11-27-22(31)14-5-13(6-16(24)7-14)19-9-20(30)29-28-19;/h1-2,5-8,15,21,26H,3-4,9-11H2,(H,27,31)(H,29,30);1H/t15-,21-;/m0./s1. The summed E-state index contributed by atoms with van der Waals surface area (Å²) in [7, 11) is 0. The van der Waals surface area contributed by atoms with Gasteiger partial charge in [0.2, 0.25) is 5.91 Å². The lowest BCUT2D eigenvalue weighted by atomic mass is 9.95. The second-order valence-corrected chi connectivity index (χ2v) is 8.05. The molecule has 0 spiro atoms. The first kappa shape index (κ1) is 25.0. The minimum absolute atomic E-state index is 0. The Balaban J connectivity index is 0.00000306. The number of hydrazone groups is 1. The maximum Gasteiger partial charge on any atom is 0.251 e. The predicted octanol–water partition coefficient (Wildman–Crippen LogP) is 2.97. The fourth-order valence-electron chi connectivity index (χ4n) is 3.77. The zero-order valence-corrected chi connectivity index (χ0v) is 18.9. The molecule has 2 aromatic carbocycles. The fourth-order valence-corrected chi connectivity index (χ4v) is 3.88. The molecule has 0 bridgehead atoms. The molecule has 2 aliphatic rings. The molecule has 0 saturated carbocycles. The van der Waals surface area contributed by atoms with Gasteiger partial charge in [0.15, 0.2) is 0 Å². The van der Waals surface area contributed by atoms with Crippen molar-refractivity contribution in [3.05, 3.63) is 69.7 Å². The summed E-state index contributed by atoms with van der Waals surface area (Å²) in [6.07, 6.45) is -0.431. The van der Waals surface area contributed by atoms with Gasteiger partial charge in [0.25, 0.3) is 5.91 Å². The molecule has 4 rings (SSSR count). The van der Waals surface area contributed by atoms with E-state index in [2.05, 4.69) is 21.2 Å². The van der Waals surface area contributed by atoms with Crippen LogP contribution in [0.15, 0.2) is 41.5 Å². The summed E-state index contributed by atoms with van der Waals surface area (Å²) in [6.45, 7) is 1.81. The molecule has 11 heteroatoms. The number of benzene rings is 2. The Hall–Kier alpha value is -2.59. The second kappa shape index (κ2) is 11.0. The molecule has 2 heterocycles. The first-order valence-corrected chi connectivity index (χ1v) is 10.5. The van der Waals surface area contributed by atoms with Crippen LogP contribution in [-0.4, -0.2) is 43.8 Å². The third-order valence-corrected chi connectivity index (χ3v) is 5.65. The van der Waals surface area contributed by atoms with Crippen LogP contribution in [0.4, 0.5) is 8.78 Å². The first-order chi connectivity index (χ1) is 15.4. The van der Waals surface area contributed by atoms with Crippen LogP contribution in [0, 0.1) is 17.6 Å². The van der Waals surface area contributed by atoms with Crippen molar-refractivity contribution in [2.75, 3.05) is 26.2 Å². The van der Waals surface area contributed by atoms with Crippen LogP contribution in [0.1, 0.15) is 34.0 Å². The Bertz CT molecular complexity index is 1080. The second-order valence-electron chi connectivity index (χ2n) is 7.64. The molecule has 176 valence electrons. The highest BCUT2D eigenvalue weighted by molar-refractivity contribution is 6.30. The lowest BCUT2D eigenvalue weighted by Crippen LogP contribution is -2.36. The maximum atomic E-state index is 14.1. The van der Waals surface area contributed by atoms with E-state index in [9.17, 15) is 18.4 Å². The number of hydrogen-bond acceptors (Lipinski definition) is 5. The monoisotopic (exact) mass is 498 g/mol. The number of ether oxygens (including phenoxy) is 1. The molecule has 1 fully saturated rings. The average Bonchev–Trinajstić information content (AvgIpc) is 3.07. The molecule has 2 atom stereocenters. The van der Waals surface area contributed by atoms with Crippen molar-refractivity contribution in [2.24, 2.45) is 11.0 Å². The van der Waals surface area contributed by atoms with Crippen molar-refractivity contribution in [1.29, 1.82) is 0 Å². The van der Waals surface area contributed by atoms with Gasteiger partial charge in [-0.05, 0) is 35.9 Å². The number of hydrogen-bond donors (Lipinski definition) is 3. The molecule has 1 saturated heterocycles. The average molecular weight is 499 g/mol. The van der Waals surface area contributed by atoms with Crippen LogP contribution in [0.25, 0.3) is 0 Å². The molecule has 2 aromatic rings. The van der Waals surface area contributed by atoms with Gasteiger partial charge in [0.05, 0.1) is 29.9 Å². The van der Waals surface area contributed by atoms with Gasteiger partial charge in [0.1, 0.15) is 11.6 Å². The number of carbonyl (C=O) groups is 2. The summed E-state index contributed by atoms with van der Waals surface area (Å²) in [5, 5.41) is 9.94. The highest BCUT2D eigenvalue weighted by Crippen LogP contribution is 2.29. The highest BCUT2D eigenvalue weighted by atomic mass is 35.5. The fraction of sp³-hybridized carbons (Fsp3) is 0.318. The Kier molecular flexibility index (Phi) is 8.36. The smallest absolute Gasteiger partial charge is 0.251 e. The van der Waals surface area contributed by atoms with E-state index in [1.165, 1.54) is 24.3 Å². The Morgan fingerprint density at radius 1 is 1.24 bits per heavy atom. The lowest BCUT2D eigenvalue weighted by Gasteiger charge is -2.25. The Morgan fingerprint density at radius 3 is 2.79 bits per heavy atom.